The molecule has 0 aliphatic heterocycles. The van der Waals surface area contributed by atoms with Crippen LogP contribution in [-0.4, -0.2) is 40.1 Å². The summed E-state index contributed by atoms with van der Waals surface area (Å²) in [5, 5.41) is 0. The maximum Gasteiger partial charge on any atom is 0.347 e. The molecule has 37 heavy (non-hydrogen) atoms. The Morgan fingerprint density at radius 1 is 0.757 bits per heavy atom. The lowest BCUT2D eigenvalue weighted by molar-refractivity contribution is -0.0126. The van der Waals surface area contributed by atoms with E-state index in [0.29, 0.717) is 45.9 Å². The van der Waals surface area contributed by atoms with Crippen molar-refractivity contribution in [2.24, 2.45) is 0 Å². The van der Waals surface area contributed by atoms with Crippen molar-refractivity contribution in [3.05, 3.63) is 81.4 Å². The maximum atomic E-state index is 13.4. The number of hydrogen-bond acceptors (Lipinski definition) is 8. The minimum Gasteiger partial charge on any atom is -0.496 e. The molecular weight excluding hydrogens is 476 g/mol. The van der Waals surface area contributed by atoms with Crippen LogP contribution in [-0.2, 0) is 16.1 Å². The van der Waals surface area contributed by atoms with Gasteiger partial charge in [-0.2, -0.15) is 0 Å². The second-order valence-corrected chi connectivity index (χ2v) is 8.43. The highest BCUT2D eigenvalue weighted by Crippen LogP contribution is 2.41. The van der Waals surface area contributed by atoms with E-state index in [2.05, 4.69) is 0 Å². The predicted octanol–water partition coefficient (Wildman–Crippen LogP) is 5.50. The second kappa shape index (κ2) is 12.3. The molecule has 0 aromatic heterocycles. The van der Waals surface area contributed by atoms with Crippen LogP contribution >= 0.6 is 0 Å². The minimum atomic E-state index is -0.626. The van der Waals surface area contributed by atoms with Crippen LogP contribution in [0.2, 0.25) is 0 Å². The molecule has 8 heteroatoms. The molecule has 0 heterocycles. The van der Waals surface area contributed by atoms with Crippen LogP contribution in [0.1, 0.15) is 48.5 Å². The highest BCUT2D eigenvalue weighted by atomic mass is 16.7. The van der Waals surface area contributed by atoms with Gasteiger partial charge in [-0.25, -0.2) is 9.59 Å². The molecular formula is C29H32O8. The Bertz CT molecular complexity index is 1280. The summed E-state index contributed by atoms with van der Waals surface area (Å²) in [5.41, 5.74) is 3.90. The molecule has 0 spiro atoms. The van der Waals surface area contributed by atoms with Gasteiger partial charge in [-0.1, -0.05) is 30.3 Å². The third-order valence-electron chi connectivity index (χ3n) is 6.06. The Morgan fingerprint density at radius 3 is 2.08 bits per heavy atom. The van der Waals surface area contributed by atoms with Crippen LogP contribution < -0.4 is 18.9 Å². The number of carbonyl (C=O) groups excluding carboxylic acids is 2. The zero-order valence-electron chi connectivity index (χ0n) is 22.2. The van der Waals surface area contributed by atoms with Crippen molar-refractivity contribution in [3.63, 3.8) is 0 Å². The number of esters is 2. The van der Waals surface area contributed by atoms with E-state index in [-0.39, 0.29) is 23.9 Å². The summed E-state index contributed by atoms with van der Waals surface area (Å²) in [6.45, 7) is 7.19. The summed E-state index contributed by atoms with van der Waals surface area (Å²) in [5.74, 6) is 0.183. The van der Waals surface area contributed by atoms with Gasteiger partial charge in [0.1, 0.15) is 23.7 Å². The fourth-order valence-electron chi connectivity index (χ4n) is 4.07. The van der Waals surface area contributed by atoms with Crippen LogP contribution in [0.4, 0.5) is 0 Å². The minimum absolute atomic E-state index is 0.181. The molecule has 3 aromatic rings. The molecule has 0 atom stereocenters. The maximum absolute atomic E-state index is 13.4. The van der Waals surface area contributed by atoms with Crippen LogP contribution in [0.25, 0.3) is 0 Å². The van der Waals surface area contributed by atoms with Crippen molar-refractivity contribution in [3.8, 4) is 23.0 Å². The Balaban J connectivity index is 1.93. The van der Waals surface area contributed by atoms with E-state index in [1.165, 1.54) is 21.3 Å². The van der Waals surface area contributed by atoms with E-state index in [9.17, 15) is 9.59 Å². The van der Waals surface area contributed by atoms with Gasteiger partial charge in [0.25, 0.3) is 0 Å². The molecule has 0 amide bonds. The Morgan fingerprint density at radius 2 is 1.46 bits per heavy atom. The normalized spacial score (nSPS) is 10.6. The topological polar surface area (TPSA) is 89.5 Å². The Hall–Kier alpha value is -4.04. The molecule has 0 fully saturated rings. The standard InChI is InChI=1S/C29H32O8/c1-17-13-22(35-15-21-11-9-8-10-12-21)14-23(33-6)24(17)29(31)37-27-19(3)18(2)25(20(4)26(27)34-7)28(30)36-16-32-5/h8-14H,15-16H2,1-7H3. The first kappa shape index (κ1) is 27.5. The van der Waals surface area contributed by atoms with Gasteiger partial charge < -0.3 is 28.4 Å². The Kier molecular flexibility index (Phi) is 9.14. The van der Waals surface area contributed by atoms with Gasteiger partial charge in [0, 0.05) is 18.7 Å². The second-order valence-electron chi connectivity index (χ2n) is 8.43. The van der Waals surface area contributed by atoms with Gasteiger partial charge in [0.15, 0.2) is 18.3 Å². The van der Waals surface area contributed by atoms with Crippen molar-refractivity contribution in [1.29, 1.82) is 0 Å². The zero-order chi connectivity index (χ0) is 27.1. The van der Waals surface area contributed by atoms with Crippen LogP contribution in [0.15, 0.2) is 42.5 Å². The highest BCUT2D eigenvalue weighted by molar-refractivity contribution is 5.98. The Labute approximate surface area is 217 Å². The number of methoxy groups -OCH3 is 3. The first-order valence-electron chi connectivity index (χ1n) is 11.6. The van der Waals surface area contributed by atoms with E-state index in [4.69, 9.17) is 28.4 Å². The quantitative estimate of drug-likeness (QED) is 0.202. The smallest absolute Gasteiger partial charge is 0.347 e. The lowest BCUT2D eigenvalue weighted by Crippen LogP contribution is -2.17. The summed E-state index contributed by atoms with van der Waals surface area (Å²) in [4.78, 5) is 26.0. The molecule has 8 nitrogen and oxygen atoms in total. The largest absolute Gasteiger partial charge is 0.496 e. The van der Waals surface area contributed by atoms with E-state index in [0.717, 1.165) is 5.56 Å². The average molecular weight is 509 g/mol. The number of rotatable bonds is 10. The van der Waals surface area contributed by atoms with Crippen LogP contribution in [0.3, 0.4) is 0 Å². The van der Waals surface area contributed by atoms with Gasteiger partial charge in [-0.3, -0.25) is 0 Å². The third-order valence-corrected chi connectivity index (χ3v) is 6.06. The molecule has 3 aromatic carbocycles. The van der Waals surface area contributed by atoms with Gasteiger partial charge in [-0.15, -0.1) is 0 Å². The van der Waals surface area contributed by atoms with Crippen molar-refractivity contribution in [2.75, 3.05) is 28.1 Å². The van der Waals surface area contributed by atoms with E-state index < -0.39 is 11.9 Å². The molecule has 0 radical (unpaired) electrons. The molecule has 0 unspecified atom stereocenters. The molecule has 3 rings (SSSR count). The number of hydrogen-bond donors (Lipinski definition) is 0. The number of benzene rings is 3. The van der Waals surface area contributed by atoms with Gasteiger partial charge >= 0.3 is 11.9 Å². The van der Waals surface area contributed by atoms with Gasteiger partial charge in [0.05, 0.1) is 19.8 Å². The SMILES string of the molecule is COCOC(=O)c1c(C)c(C)c(OC(=O)c2c(C)cc(OCc3ccccc3)cc2OC)c(OC)c1C. The summed E-state index contributed by atoms with van der Waals surface area (Å²) in [6.07, 6.45) is 0. The van der Waals surface area contributed by atoms with Gasteiger partial charge in [-0.05, 0) is 56.0 Å². The molecule has 0 aliphatic carbocycles. The first-order chi connectivity index (χ1) is 17.7. The van der Waals surface area contributed by atoms with Crippen molar-refractivity contribution < 1.29 is 38.0 Å². The molecule has 0 saturated carbocycles. The average Bonchev–Trinajstić information content (AvgIpc) is 2.89. The summed E-state index contributed by atoms with van der Waals surface area (Å²) < 4.78 is 32.8. The summed E-state index contributed by atoms with van der Waals surface area (Å²) in [6, 6.07) is 13.2. The van der Waals surface area contributed by atoms with E-state index in [1.54, 1.807) is 39.8 Å². The molecule has 0 aliphatic rings. The fourth-order valence-corrected chi connectivity index (χ4v) is 4.07. The molecule has 0 bridgehead atoms. The monoisotopic (exact) mass is 508 g/mol. The van der Waals surface area contributed by atoms with Crippen LogP contribution in [0.5, 0.6) is 23.0 Å². The summed E-state index contributed by atoms with van der Waals surface area (Å²) in [7, 11) is 4.36. The van der Waals surface area contributed by atoms with E-state index >= 15 is 0 Å². The van der Waals surface area contributed by atoms with E-state index in [1.807, 2.05) is 30.3 Å². The molecule has 0 saturated heterocycles. The van der Waals surface area contributed by atoms with Crippen molar-refractivity contribution >= 4 is 11.9 Å². The summed E-state index contributed by atoms with van der Waals surface area (Å²) >= 11 is 0. The van der Waals surface area contributed by atoms with Crippen LogP contribution in [0, 0.1) is 27.7 Å². The number of carbonyl (C=O) groups is 2. The number of ether oxygens (including phenoxy) is 6. The lowest BCUT2D eigenvalue weighted by atomic mass is 9.96. The number of aryl methyl sites for hydroxylation is 1. The zero-order valence-corrected chi connectivity index (χ0v) is 22.2. The third kappa shape index (κ3) is 6.03. The fraction of sp³-hybridized carbons (Fsp3) is 0.310. The predicted molar refractivity (Wildman–Crippen MR) is 138 cm³/mol. The molecule has 0 N–H and O–H groups in total. The van der Waals surface area contributed by atoms with Crippen molar-refractivity contribution in [1.82, 2.24) is 0 Å². The molecule has 196 valence electrons. The van der Waals surface area contributed by atoms with Crippen molar-refractivity contribution in [2.45, 2.75) is 34.3 Å². The van der Waals surface area contributed by atoms with Gasteiger partial charge in [0.2, 0.25) is 0 Å². The first-order valence-corrected chi connectivity index (χ1v) is 11.6. The highest BCUT2D eigenvalue weighted by Gasteiger charge is 2.28. The lowest BCUT2D eigenvalue weighted by Gasteiger charge is -2.21.